The summed E-state index contributed by atoms with van der Waals surface area (Å²) in [5, 5.41) is 4.53. The molecule has 1 aliphatic rings. The van der Waals surface area contributed by atoms with Crippen molar-refractivity contribution in [1.82, 2.24) is 0 Å². The van der Waals surface area contributed by atoms with E-state index in [-0.39, 0.29) is 11.1 Å². The SMILES string of the molecule is O=C1SC(Nc2cccc(Cl)c2)C(=O)N1c1cccc2ccccc12. The first-order valence-corrected chi connectivity index (χ1v) is 8.94. The third kappa shape index (κ3) is 2.97. The van der Waals surface area contributed by atoms with Crippen LogP contribution in [-0.4, -0.2) is 16.5 Å². The summed E-state index contributed by atoms with van der Waals surface area (Å²) in [6, 6.07) is 20.4. The Bertz CT molecular complexity index is 987. The van der Waals surface area contributed by atoms with E-state index in [1.807, 2.05) is 42.5 Å². The number of hydrogen-bond acceptors (Lipinski definition) is 4. The number of benzene rings is 3. The molecule has 3 aromatic rings. The molecule has 2 amide bonds. The van der Waals surface area contributed by atoms with Crippen LogP contribution in [0.4, 0.5) is 16.2 Å². The number of carbonyl (C=O) groups excluding carboxylic acids is 2. The molecule has 0 aliphatic carbocycles. The van der Waals surface area contributed by atoms with E-state index in [2.05, 4.69) is 5.32 Å². The molecule has 0 aromatic heterocycles. The molecular weight excluding hydrogens is 356 g/mol. The number of anilines is 2. The fourth-order valence-electron chi connectivity index (χ4n) is 2.85. The van der Waals surface area contributed by atoms with Gasteiger partial charge in [-0.05, 0) is 41.4 Å². The average molecular weight is 369 g/mol. The van der Waals surface area contributed by atoms with Crippen molar-refractivity contribution in [3.63, 3.8) is 0 Å². The smallest absolute Gasteiger partial charge is 0.295 e. The Morgan fingerprint density at radius 2 is 1.72 bits per heavy atom. The van der Waals surface area contributed by atoms with Crippen LogP contribution < -0.4 is 10.2 Å². The van der Waals surface area contributed by atoms with Crippen molar-refractivity contribution in [1.29, 1.82) is 0 Å². The minimum atomic E-state index is -0.676. The largest absolute Gasteiger partial charge is 0.365 e. The van der Waals surface area contributed by atoms with Gasteiger partial charge in [-0.15, -0.1) is 0 Å². The molecule has 124 valence electrons. The zero-order chi connectivity index (χ0) is 17.4. The topological polar surface area (TPSA) is 49.4 Å². The molecule has 0 spiro atoms. The molecule has 3 aromatic carbocycles. The van der Waals surface area contributed by atoms with Crippen LogP contribution in [0.15, 0.2) is 66.7 Å². The maximum absolute atomic E-state index is 12.8. The fourth-order valence-corrected chi connectivity index (χ4v) is 3.94. The average Bonchev–Trinajstić information content (AvgIpc) is 2.88. The van der Waals surface area contributed by atoms with Gasteiger partial charge in [0.15, 0.2) is 5.37 Å². The predicted octanol–water partition coefficient (Wildman–Crippen LogP) is 5.13. The highest BCUT2D eigenvalue weighted by atomic mass is 35.5. The van der Waals surface area contributed by atoms with Gasteiger partial charge in [0.1, 0.15) is 0 Å². The summed E-state index contributed by atoms with van der Waals surface area (Å²) >= 11 is 6.95. The van der Waals surface area contributed by atoms with E-state index in [1.165, 1.54) is 4.90 Å². The second kappa shape index (κ2) is 6.43. The molecule has 25 heavy (non-hydrogen) atoms. The van der Waals surface area contributed by atoms with Gasteiger partial charge in [-0.1, -0.05) is 54.1 Å². The lowest BCUT2D eigenvalue weighted by Crippen LogP contribution is -2.34. The van der Waals surface area contributed by atoms with Crippen LogP contribution in [0.1, 0.15) is 0 Å². The number of imide groups is 1. The molecule has 0 saturated carbocycles. The lowest BCUT2D eigenvalue weighted by molar-refractivity contribution is -0.116. The quantitative estimate of drug-likeness (QED) is 0.696. The van der Waals surface area contributed by atoms with Gasteiger partial charge in [-0.25, -0.2) is 4.90 Å². The normalized spacial score (nSPS) is 17.3. The van der Waals surface area contributed by atoms with Gasteiger partial charge in [0.2, 0.25) is 0 Å². The Morgan fingerprint density at radius 1 is 0.960 bits per heavy atom. The summed E-state index contributed by atoms with van der Waals surface area (Å²) in [5.41, 5.74) is 1.31. The van der Waals surface area contributed by atoms with Crippen molar-refractivity contribution >= 4 is 56.7 Å². The Labute approximate surface area is 153 Å². The minimum Gasteiger partial charge on any atom is -0.365 e. The zero-order valence-corrected chi connectivity index (χ0v) is 14.6. The Hall–Kier alpha value is -2.50. The lowest BCUT2D eigenvalue weighted by atomic mass is 10.1. The molecule has 4 nitrogen and oxygen atoms in total. The molecule has 1 atom stereocenters. The third-order valence-electron chi connectivity index (χ3n) is 3.98. The van der Waals surface area contributed by atoms with Gasteiger partial charge >= 0.3 is 0 Å². The Kier molecular flexibility index (Phi) is 4.11. The third-order valence-corrected chi connectivity index (χ3v) is 5.15. The lowest BCUT2D eigenvalue weighted by Gasteiger charge is -2.17. The van der Waals surface area contributed by atoms with E-state index in [0.29, 0.717) is 16.4 Å². The number of halogens is 1. The number of hydrogen-bond donors (Lipinski definition) is 1. The van der Waals surface area contributed by atoms with Crippen molar-refractivity contribution in [2.24, 2.45) is 0 Å². The molecule has 1 fully saturated rings. The number of carbonyl (C=O) groups is 2. The molecule has 1 heterocycles. The summed E-state index contributed by atoms with van der Waals surface area (Å²) in [6.07, 6.45) is 0. The van der Waals surface area contributed by atoms with Crippen molar-refractivity contribution in [2.45, 2.75) is 5.37 Å². The fraction of sp³-hybridized carbons (Fsp3) is 0.0526. The van der Waals surface area contributed by atoms with Gasteiger partial charge in [0.05, 0.1) is 5.69 Å². The summed E-state index contributed by atoms with van der Waals surface area (Å²) in [5.74, 6) is -0.286. The molecule has 1 saturated heterocycles. The van der Waals surface area contributed by atoms with E-state index >= 15 is 0 Å². The van der Waals surface area contributed by atoms with Gasteiger partial charge in [0, 0.05) is 16.1 Å². The van der Waals surface area contributed by atoms with E-state index in [0.717, 1.165) is 22.5 Å². The number of fused-ring (bicyclic) bond motifs is 1. The second-order valence-corrected chi connectivity index (χ2v) is 7.08. The van der Waals surface area contributed by atoms with Crippen molar-refractivity contribution in [2.75, 3.05) is 10.2 Å². The molecule has 0 bridgehead atoms. The highest BCUT2D eigenvalue weighted by Gasteiger charge is 2.41. The number of nitrogens with one attached hydrogen (secondary N) is 1. The molecule has 6 heteroatoms. The zero-order valence-electron chi connectivity index (χ0n) is 13.0. The highest BCUT2D eigenvalue weighted by molar-refractivity contribution is 8.16. The van der Waals surface area contributed by atoms with Gasteiger partial charge < -0.3 is 5.32 Å². The van der Waals surface area contributed by atoms with Crippen LogP contribution in [0.25, 0.3) is 10.8 Å². The van der Waals surface area contributed by atoms with Crippen LogP contribution in [0.5, 0.6) is 0 Å². The summed E-state index contributed by atoms with van der Waals surface area (Å²) in [4.78, 5) is 26.6. The maximum Gasteiger partial charge on any atom is 0.295 e. The van der Waals surface area contributed by atoms with E-state index < -0.39 is 5.37 Å². The highest BCUT2D eigenvalue weighted by Crippen LogP contribution is 2.36. The number of amides is 2. The van der Waals surface area contributed by atoms with Crippen LogP contribution in [-0.2, 0) is 4.79 Å². The molecule has 1 N–H and O–H groups in total. The van der Waals surface area contributed by atoms with Crippen molar-refractivity contribution in [3.8, 4) is 0 Å². The number of rotatable bonds is 3. The molecular formula is C19H13ClN2O2S. The number of thioether (sulfide) groups is 1. The van der Waals surface area contributed by atoms with E-state index in [1.54, 1.807) is 24.3 Å². The number of nitrogens with zero attached hydrogens (tertiary/aromatic N) is 1. The Balaban J connectivity index is 1.67. The summed E-state index contributed by atoms with van der Waals surface area (Å²) < 4.78 is 0. The predicted molar refractivity (Wildman–Crippen MR) is 103 cm³/mol. The monoisotopic (exact) mass is 368 g/mol. The van der Waals surface area contributed by atoms with Crippen molar-refractivity contribution < 1.29 is 9.59 Å². The van der Waals surface area contributed by atoms with Crippen LogP contribution in [0.2, 0.25) is 5.02 Å². The van der Waals surface area contributed by atoms with Gasteiger partial charge in [0.25, 0.3) is 11.1 Å². The molecule has 0 radical (unpaired) electrons. The first-order valence-electron chi connectivity index (χ1n) is 7.68. The second-order valence-electron chi connectivity index (χ2n) is 5.59. The molecule has 4 rings (SSSR count). The molecule has 1 unspecified atom stereocenters. The van der Waals surface area contributed by atoms with Crippen molar-refractivity contribution in [3.05, 3.63) is 71.8 Å². The Morgan fingerprint density at radius 3 is 2.56 bits per heavy atom. The van der Waals surface area contributed by atoms with Gasteiger partial charge in [-0.3, -0.25) is 9.59 Å². The summed E-state index contributed by atoms with van der Waals surface area (Å²) in [6.45, 7) is 0. The van der Waals surface area contributed by atoms with Crippen LogP contribution in [0.3, 0.4) is 0 Å². The first kappa shape index (κ1) is 16.0. The van der Waals surface area contributed by atoms with Crippen LogP contribution >= 0.6 is 23.4 Å². The van der Waals surface area contributed by atoms with E-state index in [9.17, 15) is 9.59 Å². The van der Waals surface area contributed by atoms with Gasteiger partial charge in [-0.2, -0.15) is 0 Å². The maximum atomic E-state index is 12.8. The van der Waals surface area contributed by atoms with E-state index in [4.69, 9.17) is 11.6 Å². The molecule has 1 aliphatic heterocycles. The first-order chi connectivity index (χ1) is 12.1. The minimum absolute atomic E-state index is 0.286. The van der Waals surface area contributed by atoms with Crippen LogP contribution in [0, 0.1) is 0 Å². The summed E-state index contributed by atoms with van der Waals surface area (Å²) in [7, 11) is 0. The standard InChI is InChI=1S/C19H13ClN2O2S/c20-13-7-4-8-14(11-13)21-17-18(23)22(19(24)25-17)16-10-3-6-12-5-1-2-9-15(12)16/h1-11,17,21H.